The summed E-state index contributed by atoms with van der Waals surface area (Å²) in [5, 5.41) is 4.03. The highest BCUT2D eigenvalue weighted by Gasteiger charge is 1.99. The lowest BCUT2D eigenvalue weighted by molar-refractivity contribution is 0.682. The van der Waals surface area contributed by atoms with Crippen LogP contribution in [0.15, 0.2) is 24.3 Å². The smallest absolute Gasteiger partial charge is 0.0407 e. The van der Waals surface area contributed by atoms with Crippen molar-refractivity contribution in [2.24, 2.45) is 5.73 Å². The zero-order valence-electron chi connectivity index (χ0n) is 9.04. The molecule has 0 amide bonds. The van der Waals surface area contributed by atoms with Crippen LogP contribution in [0.25, 0.3) is 0 Å². The van der Waals surface area contributed by atoms with Gasteiger partial charge in [0.1, 0.15) is 0 Å². The number of hydrogen-bond acceptors (Lipinski definition) is 3. The van der Waals surface area contributed by atoms with Gasteiger partial charge in [-0.2, -0.15) is 0 Å². The lowest BCUT2D eigenvalue weighted by atomic mass is 10.3. The largest absolute Gasteiger partial charge is 0.373 e. The molecule has 0 bridgehead atoms. The average molecular weight is 228 g/mol. The van der Waals surface area contributed by atoms with E-state index in [0.29, 0.717) is 6.54 Å². The molecular formula is C11H18ClN3. The second-order valence-corrected chi connectivity index (χ2v) is 3.87. The van der Waals surface area contributed by atoms with Gasteiger partial charge in [-0.3, -0.25) is 0 Å². The van der Waals surface area contributed by atoms with E-state index in [1.165, 1.54) is 5.69 Å². The first-order valence-corrected chi connectivity index (χ1v) is 5.49. The molecule has 15 heavy (non-hydrogen) atoms. The predicted octanol–water partition coefficient (Wildman–Crippen LogP) is 1.32. The summed E-state index contributed by atoms with van der Waals surface area (Å²) in [6.45, 7) is 3.46. The molecule has 0 heterocycles. The molecule has 1 aromatic rings. The first-order chi connectivity index (χ1) is 7.24. The van der Waals surface area contributed by atoms with Crippen molar-refractivity contribution in [2.45, 2.75) is 0 Å². The Labute approximate surface area is 96.2 Å². The molecule has 0 aliphatic heterocycles. The number of likely N-dealkylation sites (N-methyl/N-ethyl adjacent to an activating group) is 1. The minimum atomic E-state index is 0.685. The fourth-order valence-electron chi connectivity index (χ4n) is 1.30. The maximum atomic E-state index is 5.82. The van der Waals surface area contributed by atoms with Crippen LogP contribution < -0.4 is 16.0 Å². The highest BCUT2D eigenvalue weighted by Crippen LogP contribution is 2.16. The Hall–Kier alpha value is -0.770. The van der Waals surface area contributed by atoms with Crippen LogP contribution in [0.4, 0.5) is 5.69 Å². The molecule has 0 aromatic heterocycles. The van der Waals surface area contributed by atoms with Crippen LogP contribution in [0.1, 0.15) is 0 Å². The van der Waals surface area contributed by atoms with Crippen molar-refractivity contribution < 1.29 is 0 Å². The second kappa shape index (κ2) is 6.67. The van der Waals surface area contributed by atoms with Crippen LogP contribution in [0.5, 0.6) is 0 Å². The number of nitrogens with two attached hydrogens (primary N) is 1. The molecule has 0 unspecified atom stereocenters. The van der Waals surface area contributed by atoms with Gasteiger partial charge < -0.3 is 16.0 Å². The molecule has 0 saturated carbocycles. The van der Waals surface area contributed by atoms with Crippen LogP contribution in [-0.2, 0) is 0 Å². The molecular weight excluding hydrogens is 210 g/mol. The summed E-state index contributed by atoms with van der Waals surface area (Å²) in [6.07, 6.45) is 0. The molecule has 0 saturated heterocycles. The normalized spacial score (nSPS) is 10.3. The number of halogens is 1. The van der Waals surface area contributed by atoms with Gasteiger partial charge in [-0.1, -0.05) is 11.6 Å². The van der Waals surface area contributed by atoms with Crippen molar-refractivity contribution in [3.63, 3.8) is 0 Å². The van der Waals surface area contributed by atoms with E-state index in [1.54, 1.807) is 0 Å². The van der Waals surface area contributed by atoms with E-state index >= 15 is 0 Å². The van der Waals surface area contributed by atoms with Crippen molar-refractivity contribution >= 4 is 17.3 Å². The molecule has 84 valence electrons. The highest BCUT2D eigenvalue weighted by molar-refractivity contribution is 6.30. The first kappa shape index (κ1) is 12.3. The third-order valence-electron chi connectivity index (χ3n) is 2.21. The fourth-order valence-corrected chi connectivity index (χ4v) is 1.42. The second-order valence-electron chi connectivity index (χ2n) is 3.44. The fraction of sp³-hybridized carbons (Fsp3) is 0.455. The van der Waals surface area contributed by atoms with Gasteiger partial charge in [0.15, 0.2) is 0 Å². The lowest BCUT2D eigenvalue weighted by Gasteiger charge is -2.19. The lowest BCUT2D eigenvalue weighted by Crippen LogP contribution is -2.31. The number of benzene rings is 1. The Kier molecular flexibility index (Phi) is 5.47. The molecule has 0 radical (unpaired) electrons. The summed E-state index contributed by atoms with van der Waals surface area (Å²) >= 11 is 5.82. The Balaban J connectivity index is 2.33. The van der Waals surface area contributed by atoms with Gasteiger partial charge in [0.05, 0.1) is 0 Å². The minimum absolute atomic E-state index is 0.685. The van der Waals surface area contributed by atoms with Gasteiger partial charge >= 0.3 is 0 Å². The van der Waals surface area contributed by atoms with E-state index in [2.05, 4.69) is 17.3 Å². The van der Waals surface area contributed by atoms with Crippen molar-refractivity contribution in [3.05, 3.63) is 29.3 Å². The summed E-state index contributed by atoms with van der Waals surface area (Å²) in [7, 11) is 2.06. The number of hydrogen-bond donors (Lipinski definition) is 2. The zero-order valence-corrected chi connectivity index (χ0v) is 9.80. The van der Waals surface area contributed by atoms with E-state index in [-0.39, 0.29) is 0 Å². The average Bonchev–Trinajstić information content (AvgIpc) is 2.25. The molecule has 4 heteroatoms. The highest BCUT2D eigenvalue weighted by atomic mass is 35.5. The summed E-state index contributed by atoms with van der Waals surface area (Å²) in [5.74, 6) is 0. The van der Waals surface area contributed by atoms with Gasteiger partial charge in [0.2, 0.25) is 0 Å². The van der Waals surface area contributed by atoms with E-state index in [9.17, 15) is 0 Å². The van der Waals surface area contributed by atoms with E-state index < -0.39 is 0 Å². The quantitative estimate of drug-likeness (QED) is 0.721. The minimum Gasteiger partial charge on any atom is -0.373 e. The van der Waals surface area contributed by atoms with Gasteiger partial charge in [-0.05, 0) is 24.3 Å². The maximum Gasteiger partial charge on any atom is 0.0407 e. The van der Waals surface area contributed by atoms with Crippen LogP contribution in [0, 0.1) is 0 Å². The van der Waals surface area contributed by atoms with E-state index in [0.717, 1.165) is 24.7 Å². The standard InChI is InChI=1S/C11H18ClN3/c1-15(9-8-14-7-6-13)11-4-2-10(12)3-5-11/h2-5,14H,6-9,13H2,1H3. The van der Waals surface area contributed by atoms with Crippen molar-refractivity contribution in [1.29, 1.82) is 0 Å². The van der Waals surface area contributed by atoms with Gasteiger partial charge in [0.25, 0.3) is 0 Å². The Morgan fingerprint density at radius 2 is 1.93 bits per heavy atom. The number of anilines is 1. The van der Waals surface area contributed by atoms with E-state index in [4.69, 9.17) is 17.3 Å². The Morgan fingerprint density at radius 3 is 2.53 bits per heavy atom. The topological polar surface area (TPSA) is 41.3 Å². The molecule has 3 N–H and O–H groups in total. The molecule has 0 spiro atoms. The molecule has 0 atom stereocenters. The van der Waals surface area contributed by atoms with Crippen LogP contribution >= 0.6 is 11.6 Å². The monoisotopic (exact) mass is 227 g/mol. The predicted molar refractivity (Wildman–Crippen MR) is 66.6 cm³/mol. The SMILES string of the molecule is CN(CCNCCN)c1ccc(Cl)cc1. The zero-order chi connectivity index (χ0) is 11.1. The number of nitrogens with zero attached hydrogens (tertiary/aromatic N) is 1. The molecule has 0 aliphatic carbocycles. The number of rotatable bonds is 6. The molecule has 3 nitrogen and oxygen atoms in total. The summed E-state index contributed by atoms with van der Waals surface area (Å²) in [4.78, 5) is 2.18. The molecule has 0 fully saturated rings. The summed E-state index contributed by atoms with van der Waals surface area (Å²) < 4.78 is 0. The molecule has 1 aromatic carbocycles. The maximum absolute atomic E-state index is 5.82. The first-order valence-electron chi connectivity index (χ1n) is 5.11. The summed E-state index contributed by atoms with van der Waals surface area (Å²) in [6, 6.07) is 7.85. The molecule has 1 rings (SSSR count). The van der Waals surface area contributed by atoms with Gasteiger partial charge in [-0.15, -0.1) is 0 Å². The van der Waals surface area contributed by atoms with Gasteiger partial charge in [0, 0.05) is 43.9 Å². The van der Waals surface area contributed by atoms with Gasteiger partial charge in [-0.25, -0.2) is 0 Å². The van der Waals surface area contributed by atoms with E-state index in [1.807, 2.05) is 24.3 Å². The Bertz CT molecular complexity index is 274. The summed E-state index contributed by atoms with van der Waals surface area (Å²) in [5.41, 5.74) is 6.56. The Morgan fingerprint density at radius 1 is 1.27 bits per heavy atom. The molecule has 0 aliphatic rings. The van der Waals surface area contributed by atoms with Crippen molar-refractivity contribution in [3.8, 4) is 0 Å². The number of nitrogens with one attached hydrogen (secondary N) is 1. The van der Waals surface area contributed by atoms with Crippen molar-refractivity contribution in [2.75, 3.05) is 38.1 Å². The van der Waals surface area contributed by atoms with Crippen LogP contribution in [0.3, 0.4) is 0 Å². The van der Waals surface area contributed by atoms with Crippen molar-refractivity contribution in [1.82, 2.24) is 5.32 Å². The third kappa shape index (κ3) is 4.51. The third-order valence-corrected chi connectivity index (χ3v) is 2.46. The van der Waals surface area contributed by atoms with Crippen LogP contribution in [-0.4, -0.2) is 33.2 Å². The van der Waals surface area contributed by atoms with Crippen LogP contribution in [0.2, 0.25) is 5.02 Å².